The molecule has 5 aromatic rings. The Morgan fingerprint density at radius 1 is 0.780 bits per heavy atom. The minimum atomic E-state index is -1.09. The molecule has 5 N–H and O–H groups in total. The standard InChI is InChI=1S/C60H74N6O9S2.C3H8.C2H6/c1-9-60(6,10-2)64-57(69)23-22-39(5)77-76-38(4)16-15-21-56(68)62-44-26-40(34-74-54-31-47(37(3)24-52(54)72-7)63-58(70)51-29-43-18-11-13-19-49(43)65(51)36-67)25-41(27-44)35-75-55-32-48-46(30-53(55)73-8)59(71)66-45(33-61-48)28-42-17-12-14-20-50(42)66;1-3-2;1-2/h11-14,17-20,24-27,30-32,36,38-39,45,51,58,61,63,70H,9-10,15-16,21-23,28-29,33-35H2,1-8H3,(H,62,68)(H,64,69);3H2,1-2H3;1-2H3/t38?,39?,45?,51?,58-;;/m1../s1. The van der Waals surface area contributed by atoms with Crippen LogP contribution in [-0.4, -0.2) is 84.4 Å². The maximum Gasteiger partial charge on any atom is 0.260 e. The lowest BCUT2D eigenvalue weighted by atomic mass is 9.95. The molecule has 4 unspecified atom stereocenters. The summed E-state index contributed by atoms with van der Waals surface area (Å²) in [6.07, 6.45) is 7.12. The van der Waals surface area contributed by atoms with Gasteiger partial charge in [0, 0.05) is 70.3 Å². The Morgan fingerprint density at radius 3 is 1.99 bits per heavy atom. The van der Waals surface area contributed by atoms with Crippen molar-refractivity contribution in [1.29, 1.82) is 0 Å². The molecule has 0 fully saturated rings. The van der Waals surface area contributed by atoms with Crippen LogP contribution in [0.3, 0.4) is 0 Å². The molecule has 5 aromatic carbocycles. The smallest absolute Gasteiger partial charge is 0.260 e. The van der Waals surface area contributed by atoms with Crippen LogP contribution in [0.4, 0.5) is 28.4 Å². The summed E-state index contributed by atoms with van der Waals surface area (Å²) < 4.78 is 24.6. The highest BCUT2D eigenvalue weighted by molar-refractivity contribution is 8.77. The van der Waals surface area contributed by atoms with Gasteiger partial charge in [-0.2, -0.15) is 0 Å². The summed E-state index contributed by atoms with van der Waals surface area (Å²) >= 11 is 0. The van der Waals surface area contributed by atoms with Gasteiger partial charge in [-0.3, -0.25) is 19.2 Å². The van der Waals surface area contributed by atoms with Crippen LogP contribution in [0, 0.1) is 6.92 Å². The number of aliphatic hydroxyl groups is 1. The fraction of sp³-hybridized carbons (Fsp3) is 0.477. The van der Waals surface area contributed by atoms with E-state index in [2.05, 4.69) is 75.8 Å². The second kappa shape index (κ2) is 31.2. The van der Waals surface area contributed by atoms with Crippen LogP contribution in [0.5, 0.6) is 23.0 Å². The van der Waals surface area contributed by atoms with Gasteiger partial charge in [-0.25, -0.2) is 0 Å². The van der Waals surface area contributed by atoms with E-state index < -0.39 is 12.3 Å². The number of para-hydroxylation sites is 2. The summed E-state index contributed by atoms with van der Waals surface area (Å²) in [5, 5.41) is 25.2. The highest BCUT2D eigenvalue weighted by atomic mass is 33.1. The first-order valence-electron chi connectivity index (χ1n) is 29.2. The van der Waals surface area contributed by atoms with Crippen molar-refractivity contribution >= 4 is 74.2 Å². The molecular formula is C65H88N6O9S2. The van der Waals surface area contributed by atoms with Crippen molar-refractivity contribution in [3.8, 4) is 23.0 Å². The molecule has 3 aliphatic rings. The molecular weight excluding hydrogens is 1070 g/mol. The molecule has 4 amide bonds. The normalized spacial score (nSPS) is 15.9. The van der Waals surface area contributed by atoms with Crippen molar-refractivity contribution in [3.05, 3.63) is 124 Å². The number of fused-ring (bicyclic) bond motifs is 5. The Labute approximate surface area is 495 Å². The summed E-state index contributed by atoms with van der Waals surface area (Å²) in [4.78, 5) is 56.1. The number of aliphatic hydroxyl groups excluding tert-OH is 1. The Kier molecular flexibility index (Phi) is 24.6. The average Bonchev–Trinajstić information content (AvgIpc) is 3.26. The van der Waals surface area contributed by atoms with Crippen molar-refractivity contribution in [2.45, 2.75) is 181 Å². The van der Waals surface area contributed by atoms with Crippen molar-refractivity contribution in [1.82, 2.24) is 5.32 Å². The zero-order chi connectivity index (χ0) is 59.5. The Bertz CT molecular complexity index is 2940. The number of carbonyl (C=O) groups excluding carboxylic acids is 4. The first-order chi connectivity index (χ1) is 39.5. The summed E-state index contributed by atoms with van der Waals surface area (Å²) in [6, 6.07) is 28.0. The van der Waals surface area contributed by atoms with Crippen LogP contribution in [-0.2, 0) is 40.4 Å². The molecule has 15 nitrogen and oxygen atoms in total. The quantitative estimate of drug-likeness (QED) is 0.0201. The van der Waals surface area contributed by atoms with Gasteiger partial charge in [0.15, 0.2) is 23.0 Å². The molecule has 0 aliphatic carbocycles. The average molecular weight is 1160 g/mol. The third kappa shape index (κ3) is 16.8. The van der Waals surface area contributed by atoms with Crippen molar-refractivity contribution in [2.24, 2.45) is 0 Å². The lowest BCUT2D eigenvalue weighted by Crippen LogP contribution is -2.45. The first-order valence-corrected chi connectivity index (χ1v) is 31.5. The fourth-order valence-electron chi connectivity index (χ4n) is 10.1. The predicted octanol–water partition coefficient (Wildman–Crippen LogP) is 13.7. The van der Waals surface area contributed by atoms with E-state index in [4.69, 9.17) is 18.9 Å². The third-order valence-corrected chi connectivity index (χ3v) is 18.5. The zero-order valence-corrected chi connectivity index (χ0v) is 51.9. The van der Waals surface area contributed by atoms with Crippen LogP contribution in [0.1, 0.15) is 152 Å². The molecule has 0 spiro atoms. The molecule has 3 aliphatic heterocycles. The lowest BCUT2D eigenvalue weighted by Gasteiger charge is -2.28. The number of anilines is 5. The van der Waals surface area contributed by atoms with Crippen molar-refractivity contribution < 1.29 is 43.2 Å². The number of rotatable bonds is 26. The minimum Gasteiger partial charge on any atom is -0.493 e. The number of nitrogens with one attached hydrogen (secondary N) is 4. The topological polar surface area (TPSA) is 180 Å². The zero-order valence-electron chi connectivity index (χ0n) is 50.2. The number of ether oxygens (including phenoxy) is 4. The number of hydrogen-bond donors (Lipinski definition) is 5. The SMILES string of the molecule is CC.CCC.CCC(C)(CC)NC(=O)CCC(C)SSC(C)CCCC(=O)Nc1cc(COc2cc(N[C@H](O)C3Cc4ccccc4N3C=O)c(C)cc2OC)cc(COc2cc3c(cc2OC)C(=O)N2c4ccccc4CC2CN3)c1. The molecule has 5 atom stereocenters. The number of nitrogens with zero attached hydrogens (tertiary/aromatic N) is 2. The molecule has 17 heteroatoms. The van der Waals surface area contributed by atoms with Gasteiger partial charge < -0.3 is 55.1 Å². The van der Waals surface area contributed by atoms with Gasteiger partial charge in [0.1, 0.15) is 19.4 Å². The third-order valence-electron chi connectivity index (χ3n) is 15.0. The molecule has 8 rings (SSSR count). The maximum atomic E-state index is 14.1. The molecule has 0 aromatic heterocycles. The van der Waals surface area contributed by atoms with E-state index in [0.717, 1.165) is 77.7 Å². The molecule has 82 heavy (non-hydrogen) atoms. The van der Waals surface area contributed by atoms with Gasteiger partial charge in [-0.05, 0) is 129 Å². The van der Waals surface area contributed by atoms with E-state index in [1.54, 1.807) is 52.8 Å². The summed E-state index contributed by atoms with van der Waals surface area (Å²) in [5.41, 5.74) is 8.27. The maximum absolute atomic E-state index is 14.1. The highest BCUT2D eigenvalue weighted by Gasteiger charge is 2.38. The number of amides is 4. The van der Waals surface area contributed by atoms with Gasteiger partial charge in [0.25, 0.3) is 5.91 Å². The Balaban J connectivity index is 0.00000209. The molecule has 0 bridgehead atoms. The van der Waals surface area contributed by atoms with Crippen LogP contribution in [0.2, 0.25) is 0 Å². The Morgan fingerprint density at radius 2 is 1.37 bits per heavy atom. The van der Waals surface area contributed by atoms with Gasteiger partial charge in [0.05, 0.1) is 37.6 Å². The van der Waals surface area contributed by atoms with Gasteiger partial charge in [-0.15, -0.1) is 0 Å². The summed E-state index contributed by atoms with van der Waals surface area (Å²) in [6.45, 7) is 21.5. The van der Waals surface area contributed by atoms with Crippen LogP contribution in [0.15, 0.2) is 91.0 Å². The molecule has 444 valence electrons. The van der Waals surface area contributed by atoms with E-state index >= 15 is 0 Å². The van der Waals surface area contributed by atoms with Gasteiger partial charge >= 0.3 is 0 Å². The monoisotopic (exact) mass is 1160 g/mol. The van der Waals surface area contributed by atoms with E-state index in [0.29, 0.717) is 88.4 Å². The van der Waals surface area contributed by atoms with Crippen LogP contribution >= 0.6 is 21.6 Å². The van der Waals surface area contributed by atoms with Gasteiger partial charge in [0.2, 0.25) is 18.2 Å². The number of benzene rings is 5. The number of carbonyl (C=O) groups is 4. The van der Waals surface area contributed by atoms with E-state index in [1.165, 1.54) is 6.42 Å². The largest absolute Gasteiger partial charge is 0.493 e. The second-order valence-corrected chi connectivity index (χ2v) is 24.5. The fourth-order valence-corrected chi connectivity index (χ4v) is 12.7. The Hall–Kier alpha value is -6.56. The number of methoxy groups -OCH3 is 2. The summed E-state index contributed by atoms with van der Waals surface area (Å²) in [7, 11) is 6.71. The molecule has 0 saturated heterocycles. The van der Waals surface area contributed by atoms with Crippen LogP contribution < -0.4 is 50.0 Å². The van der Waals surface area contributed by atoms with Gasteiger partial charge in [-0.1, -0.05) is 120 Å². The summed E-state index contributed by atoms with van der Waals surface area (Å²) in [5.74, 6) is 1.63. The number of aryl methyl sites for hydroxylation is 1. The minimum absolute atomic E-state index is 0.0320. The van der Waals surface area contributed by atoms with E-state index in [9.17, 15) is 24.3 Å². The van der Waals surface area contributed by atoms with Crippen LogP contribution in [0.25, 0.3) is 0 Å². The molecule has 0 radical (unpaired) electrons. The highest BCUT2D eigenvalue weighted by Crippen LogP contribution is 2.42. The second-order valence-electron chi connectivity index (χ2n) is 21.3. The predicted molar refractivity (Wildman–Crippen MR) is 337 cm³/mol. The number of hydrogen-bond acceptors (Lipinski definition) is 13. The molecule has 3 heterocycles. The van der Waals surface area contributed by atoms with Crippen molar-refractivity contribution in [3.63, 3.8) is 0 Å². The first kappa shape index (κ1) is 64.6. The van der Waals surface area contributed by atoms with E-state index in [-0.39, 0.29) is 42.5 Å². The molecule has 0 saturated carbocycles. The lowest BCUT2D eigenvalue weighted by molar-refractivity contribution is -0.123. The van der Waals surface area contributed by atoms with E-state index in [1.807, 2.05) is 98.5 Å². The van der Waals surface area contributed by atoms with Crippen molar-refractivity contribution in [2.75, 3.05) is 46.5 Å².